The minimum Gasteiger partial charge on any atom is -0.476 e. The van der Waals surface area contributed by atoms with Crippen LogP contribution in [0.5, 0.6) is 0 Å². The summed E-state index contributed by atoms with van der Waals surface area (Å²) in [7, 11) is 0. The second kappa shape index (κ2) is 5.95. The Morgan fingerprint density at radius 2 is 2.04 bits per heavy atom. The molecule has 124 valence electrons. The highest BCUT2D eigenvalue weighted by Crippen LogP contribution is 2.24. The summed E-state index contributed by atoms with van der Waals surface area (Å²) in [5, 5.41) is 24.1. The van der Waals surface area contributed by atoms with Crippen molar-refractivity contribution >= 4 is 11.8 Å². The van der Waals surface area contributed by atoms with Crippen LogP contribution in [0.15, 0.2) is 4.63 Å². The molecule has 1 aliphatic heterocycles. The van der Waals surface area contributed by atoms with Crippen molar-refractivity contribution in [2.75, 3.05) is 18.8 Å². The molecule has 2 aromatic heterocycles. The Balaban J connectivity index is 1.95. The van der Waals surface area contributed by atoms with E-state index in [1.54, 1.807) is 0 Å². The van der Waals surface area contributed by atoms with E-state index in [1.807, 2.05) is 0 Å². The highest BCUT2D eigenvalue weighted by Gasteiger charge is 2.28. The van der Waals surface area contributed by atoms with Gasteiger partial charge in [0.05, 0.1) is 5.69 Å². The summed E-state index contributed by atoms with van der Waals surface area (Å²) in [6.07, 6.45) is 1.17. The Labute approximate surface area is 132 Å². The lowest BCUT2D eigenvalue weighted by atomic mass is 9.92. The van der Waals surface area contributed by atoms with Crippen LogP contribution in [-0.2, 0) is 6.54 Å². The van der Waals surface area contributed by atoms with E-state index in [-0.39, 0.29) is 17.3 Å². The molecule has 0 bridgehead atoms. The molecule has 1 aliphatic rings. The van der Waals surface area contributed by atoms with Gasteiger partial charge in [-0.1, -0.05) is 19.1 Å². The van der Waals surface area contributed by atoms with E-state index < -0.39 is 5.97 Å². The molecule has 0 saturated carbocycles. The molecule has 2 unspecified atom stereocenters. The van der Waals surface area contributed by atoms with Crippen LogP contribution in [0.25, 0.3) is 5.82 Å². The molecule has 3 heterocycles. The van der Waals surface area contributed by atoms with Gasteiger partial charge in [-0.3, -0.25) is 4.90 Å². The Hall–Kier alpha value is -2.49. The van der Waals surface area contributed by atoms with Crippen LogP contribution in [0.4, 0.5) is 5.82 Å². The second-order valence-electron chi connectivity index (χ2n) is 6.21. The van der Waals surface area contributed by atoms with Crippen LogP contribution in [0.2, 0.25) is 0 Å². The molecule has 10 nitrogen and oxygen atoms in total. The van der Waals surface area contributed by atoms with E-state index in [2.05, 4.69) is 44.0 Å². The van der Waals surface area contributed by atoms with E-state index in [1.165, 1.54) is 11.1 Å². The predicted octanol–water partition coefficient (Wildman–Crippen LogP) is 0.409. The molecule has 3 N–H and O–H groups in total. The fourth-order valence-corrected chi connectivity index (χ4v) is 3.25. The number of piperidine rings is 1. The molecule has 2 atom stereocenters. The third-order valence-electron chi connectivity index (χ3n) is 3.98. The number of hydrogen-bond donors (Lipinski definition) is 2. The molecule has 3 rings (SSSR count). The average Bonchev–Trinajstić information content (AvgIpc) is 3.03. The fraction of sp³-hybridized carbons (Fsp3) is 0.615. The molecule has 2 aromatic rings. The SMILES string of the molecule is CC1CC(C)CN(Cc2c(C(=O)O)nnn2-c2nonc2N)C1. The maximum Gasteiger partial charge on any atom is 0.358 e. The summed E-state index contributed by atoms with van der Waals surface area (Å²) in [5.41, 5.74) is 5.99. The minimum absolute atomic E-state index is 0.0356. The Morgan fingerprint density at radius 3 is 2.61 bits per heavy atom. The van der Waals surface area contributed by atoms with Crippen molar-refractivity contribution in [3.05, 3.63) is 11.4 Å². The monoisotopic (exact) mass is 321 g/mol. The van der Waals surface area contributed by atoms with Crippen LogP contribution in [0.3, 0.4) is 0 Å². The maximum atomic E-state index is 11.4. The van der Waals surface area contributed by atoms with Crippen molar-refractivity contribution in [3.8, 4) is 5.82 Å². The maximum absolute atomic E-state index is 11.4. The van der Waals surface area contributed by atoms with E-state index >= 15 is 0 Å². The van der Waals surface area contributed by atoms with E-state index in [0.717, 1.165) is 13.1 Å². The standard InChI is InChI=1S/C13H19N7O3/c1-7-3-8(2)5-19(4-7)6-9-10(13(21)22)15-18-20(9)12-11(14)16-23-17-12/h7-8H,3-6H2,1-2H3,(H2,14,16)(H,21,22). The van der Waals surface area contributed by atoms with Gasteiger partial charge in [-0.2, -0.15) is 4.68 Å². The summed E-state index contributed by atoms with van der Waals surface area (Å²) in [5.74, 6) is 0.149. The quantitative estimate of drug-likeness (QED) is 0.820. The zero-order chi connectivity index (χ0) is 16.6. The Bertz CT molecular complexity index is 700. The number of nitrogens with zero attached hydrogens (tertiary/aromatic N) is 6. The normalized spacial score (nSPS) is 22.3. The van der Waals surface area contributed by atoms with Gasteiger partial charge in [0.1, 0.15) is 0 Å². The molecule has 23 heavy (non-hydrogen) atoms. The van der Waals surface area contributed by atoms with Crippen molar-refractivity contribution in [2.45, 2.75) is 26.8 Å². The van der Waals surface area contributed by atoms with Gasteiger partial charge in [-0.25, -0.2) is 9.42 Å². The van der Waals surface area contributed by atoms with Crippen molar-refractivity contribution < 1.29 is 14.5 Å². The first-order chi connectivity index (χ1) is 11.0. The number of nitrogens with two attached hydrogens (primary N) is 1. The zero-order valence-corrected chi connectivity index (χ0v) is 13.0. The third-order valence-corrected chi connectivity index (χ3v) is 3.98. The highest BCUT2D eigenvalue weighted by atomic mass is 16.6. The number of nitrogen functional groups attached to an aromatic ring is 1. The lowest BCUT2D eigenvalue weighted by Crippen LogP contribution is -2.38. The van der Waals surface area contributed by atoms with E-state index in [9.17, 15) is 9.90 Å². The van der Waals surface area contributed by atoms with Crippen molar-refractivity contribution in [1.82, 2.24) is 30.2 Å². The molecular formula is C13H19N7O3. The number of likely N-dealkylation sites (tertiary alicyclic amines) is 1. The molecule has 1 fully saturated rings. The minimum atomic E-state index is -1.14. The van der Waals surface area contributed by atoms with Gasteiger partial charge in [-0.05, 0) is 28.6 Å². The van der Waals surface area contributed by atoms with Crippen LogP contribution < -0.4 is 5.73 Å². The predicted molar refractivity (Wildman–Crippen MR) is 78.8 cm³/mol. The van der Waals surface area contributed by atoms with Crippen LogP contribution >= 0.6 is 0 Å². The summed E-state index contributed by atoms with van der Waals surface area (Å²) < 4.78 is 5.86. The number of hydrogen-bond acceptors (Lipinski definition) is 8. The van der Waals surface area contributed by atoms with Gasteiger partial charge < -0.3 is 10.8 Å². The molecule has 10 heteroatoms. The topological polar surface area (TPSA) is 136 Å². The summed E-state index contributed by atoms with van der Waals surface area (Å²) >= 11 is 0. The van der Waals surface area contributed by atoms with Gasteiger partial charge in [0.15, 0.2) is 5.69 Å². The average molecular weight is 321 g/mol. The van der Waals surface area contributed by atoms with E-state index in [0.29, 0.717) is 24.1 Å². The Kier molecular flexibility index (Phi) is 3.99. The number of carboxylic acids is 1. The number of aromatic carboxylic acids is 1. The number of rotatable bonds is 4. The second-order valence-corrected chi connectivity index (χ2v) is 6.21. The largest absolute Gasteiger partial charge is 0.476 e. The van der Waals surface area contributed by atoms with Gasteiger partial charge in [-0.15, -0.1) is 5.10 Å². The molecule has 0 spiro atoms. The number of carboxylic acid groups (broad SMARTS) is 1. The number of anilines is 1. The van der Waals surface area contributed by atoms with Crippen LogP contribution in [0.1, 0.15) is 36.5 Å². The van der Waals surface area contributed by atoms with Gasteiger partial charge in [0.2, 0.25) is 11.6 Å². The molecule has 0 aromatic carbocycles. The molecule has 0 amide bonds. The molecule has 0 aliphatic carbocycles. The third kappa shape index (κ3) is 3.02. The zero-order valence-electron chi connectivity index (χ0n) is 13.0. The summed E-state index contributed by atoms with van der Waals surface area (Å²) in [6, 6.07) is 0. The summed E-state index contributed by atoms with van der Waals surface area (Å²) in [6.45, 7) is 6.56. The first kappa shape index (κ1) is 15.4. The highest BCUT2D eigenvalue weighted by molar-refractivity contribution is 5.86. The smallest absolute Gasteiger partial charge is 0.358 e. The van der Waals surface area contributed by atoms with Crippen molar-refractivity contribution in [1.29, 1.82) is 0 Å². The summed E-state index contributed by atoms with van der Waals surface area (Å²) in [4.78, 5) is 13.6. The number of carbonyl (C=O) groups is 1. The van der Waals surface area contributed by atoms with Gasteiger partial charge >= 0.3 is 5.97 Å². The van der Waals surface area contributed by atoms with Gasteiger partial charge in [0.25, 0.3) is 0 Å². The number of aromatic nitrogens is 5. The lowest BCUT2D eigenvalue weighted by Gasteiger charge is -2.34. The first-order valence-electron chi connectivity index (χ1n) is 7.44. The van der Waals surface area contributed by atoms with Crippen LogP contribution in [0, 0.1) is 11.8 Å². The first-order valence-corrected chi connectivity index (χ1v) is 7.44. The molecule has 0 radical (unpaired) electrons. The lowest BCUT2D eigenvalue weighted by molar-refractivity contribution is 0.0686. The fourth-order valence-electron chi connectivity index (χ4n) is 3.25. The Morgan fingerprint density at radius 1 is 1.35 bits per heavy atom. The van der Waals surface area contributed by atoms with Crippen molar-refractivity contribution in [2.24, 2.45) is 11.8 Å². The van der Waals surface area contributed by atoms with Gasteiger partial charge in [0, 0.05) is 19.6 Å². The van der Waals surface area contributed by atoms with E-state index in [4.69, 9.17) is 5.73 Å². The van der Waals surface area contributed by atoms with Crippen molar-refractivity contribution in [3.63, 3.8) is 0 Å². The molecular weight excluding hydrogens is 302 g/mol. The molecule has 1 saturated heterocycles. The van der Waals surface area contributed by atoms with Crippen LogP contribution in [-0.4, -0.2) is 54.4 Å².